The second-order valence-corrected chi connectivity index (χ2v) is 5.54. The molecular weight excluding hydrogens is 236 g/mol. The van der Waals surface area contributed by atoms with Crippen LogP contribution in [0.15, 0.2) is 18.5 Å². The van der Waals surface area contributed by atoms with Crippen molar-refractivity contribution in [3.05, 3.63) is 24.0 Å². The Bertz CT molecular complexity index is 408. The SMILES string of the molecule is CCNCc1ccncc1N1CCN(C2CC2)CC1. The highest BCUT2D eigenvalue weighted by molar-refractivity contribution is 5.52. The molecule has 104 valence electrons. The first kappa shape index (κ1) is 12.9. The maximum atomic E-state index is 4.31. The van der Waals surface area contributed by atoms with Gasteiger partial charge in [0.2, 0.25) is 0 Å². The fourth-order valence-electron chi connectivity index (χ4n) is 2.88. The summed E-state index contributed by atoms with van der Waals surface area (Å²) in [4.78, 5) is 9.46. The van der Waals surface area contributed by atoms with E-state index in [0.29, 0.717) is 0 Å². The van der Waals surface area contributed by atoms with E-state index in [4.69, 9.17) is 0 Å². The number of piperazine rings is 1. The Hall–Kier alpha value is -1.13. The van der Waals surface area contributed by atoms with Gasteiger partial charge in [-0.15, -0.1) is 0 Å². The number of hydrogen-bond donors (Lipinski definition) is 1. The molecule has 2 heterocycles. The number of aromatic nitrogens is 1. The zero-order chi connectivity index (χ0) is 13.1. The third kappa shape index (κ3) is 3.07. The van der Waals surface area contributed by atoms with Crippen molar-refractivity contribution in [1.82, 2.24) is 15.2 Å². The summed E-state index contributed by atoms with van der Waals surface area (Å²) < 4.78 is 0. The molecular formula is C15H24N4. The molecule has 0 amide bonds. The summed E-state index contributed by atoms with van der Waals surface area (Å²) in [6, 6.07) is 3.04. The van der Waals surface area contributed by atoms with E-state index in [1.54, 1.807) is 0 Å². The fourth-order valence-corrected chi connectivity index (χ4v) is 2.88. The molecule has 0 spiro atoms. The number of nitrogens with zero attached hydrogens (tertiary/aromatic N) is 3. The average Bonchev–Trinajstić information content (AvgIpc) is 3.30. The van der Waals surface area contributed by atoms with E-state index in [1.807, 2.05) is 12.4 Å². The van der Waals surface area contributed by atoms with Gasteiger partial charge in [-0.05, 0) is 31.0 Å². The first-order valence-corrected chi connectivity index (χ1v) is 7.51. The Morgan fingerprint density at radius 3 is 2.74 bits per heavy atom. The van der Waals surface area contributed by atoms with E-state index in [1.165, 1.54) is 37.2 Å². The van der Waals surface area contributed by atoms with Crippen LogP contribution < -0.4 is 10.2 Å². The number of rotatable bonds is 5. The van der Waals surface area contributed by atoms with Gasteiger partial charge in [0.1, 0.15) is 0 Å². The largest absolute Gasteiger partial charge is 0.367 e. The van der Waals surface area contributed by atoms with E-state index in [0.717, 1.165) is 32.2 Å². The highest BCUT2D eigenvalue weighted by atomic mass is 15.3. The topological polar surface area (TPSA) is 31.4 Å². The van der Waals surface area contributed by atoms with Crippen LogP contribution in [-0.2, 0) is 6.54 Å². The average molecular weight is 260 g/mol. The molecule has 2 aliphatic rings. The molecule has 1 aromatic rings. The van der Waals surface area contributed by atoms with E-state index >= 15 is 0 Å². The first-order valence-electron chi connectivity index (χ1n) is 7.51. The molecule has 1 aliphatic carbocycles. The lowest BCUT2D eigenvalue weighted by Gasteiger charge is -2.37. The van der Waals surface area contributed by atoms with Gasteiger partial charge in [0.25, 0.3) is 0 Å². The molecule has 1 N–H and O–H groups in total. The van der Waals surface area contributed by atoms with Crippen LogP contribution in [0.4, 0.5) is 5.69 Å². The Labute approximate surface area is 115 Å². The van der Waals surface area contributed by atoms with Gasteiger partial charge in [-0.3, -0.25) is 9.88 Å². The Morgan fingerprint density at radius 2 is 2.05 bits per heavy atom. The van der Waals surface area contributed by atoms with Crippen LogP contribution in [0, 0.1) is 0 Å². The molecule has 2 fully saturated rings. The number of hydrogen-bond acceptors (Lipinski definition) is 4. The van der Waals surface area contributed by atoms with Crippen molar-refractivity contribution in [2.75, 3.05) is 37.6 Å². The maximum Gasteiger partial charge on any atom is 0.0599 e. The van der Waals surface area contributed by atoms with Crippen molar-refractivity contribution >= 4 is 5.69 Å². The molecule has 1 saturated carbocycles. The van der Waals surface area contributed by atoms with Crippen LogP contribution in [-0.4, -0.2) is 48.6 Å². The normalized spacial score (nSPS) is 20.8. The highest BCUT2D eigenvalue weighted by Crippen LogP contribution is 2.29. The third-order valence-corrected chi connectivity index (χ3v) is 4.17. The molecule has 0 atom stereocenters. The van der Waals surface area contributed by atoms with E-state index in [-0.39, 0.29) is 0 Å². The van der Waals surface area contributed by atoms with Crippen LogP contribution in [0.25, 0.3) is 0 Å². The molecule has 1 saturated heterocycles. The predicted octanol–water partition coefficient (Wildman–Crippen LogP) is 1.48. The molecule has 0 bridgehead atoms. The number of nitrogens with one attached hydrogen (secondary N) is 1. The monoisotopic (exact) mass is 260 g/mol. The van der Waals surface area contributed by atoms with E-state index in [2.05, 4.69) is 33.1 Å². The predicted molar refractivity (Wildman–Crippen MR) is 78.4 cm³/mol. The lowest BCUT2D eigenvalue weighted by molar-refractivity contribution is 0.248. The standard InChI is InChI=1S/C15H24N4/c1-2-16-11-13-5-6-17-12-15(13)19-9-7-18(8-10-19)14-3-4-14/h5-6,12,14,16H,2-4,7-11H2,1H3. The lowest BCUT2D eigenvalue weighted by atomic mass is 10.2. The third-order valence-electron chi connectivity index (χ3n) is 4.17. The second-order valence-electron chi connectivity index (χ2n) is 5.54. The summed E-state index contributed by atoms with van der Waals surface area (Å²) in [7, 11) is 0. The molecule has 0 radical (unpaired) electrons. The molecule has 19 heavy (non-hydrogen) atoms. The quantitative estimate of drug-likeness (QED) is 0.869. The summed E-state index contributed by atoms with van der Waals surface area (Å²) in [5, 5.41) is 3.42. The minimum Gasteiger partial charge on any atom is -0.367 e. The summed E-state index contributed by atoms with van der Waals surface area (Å²) in [6.07, 6.45) is 6.76. The number of anilines is 1. The molecule has 1 aliphatic heterocycles. The van der Waals surface area contributed by atoms with Crippen LogP contribution in [0.2, 0.25) is 0 Å². The Kier molecular flexibility index (Phi) is 3.99. The molecule has 0 unspecified atom stereocenters. The van der Waals surface area contributed by atoms with Crippen molar-refractivity contribution in [2.24, 2.45) is 0 Å². The molecule has 0 aromatic carbocycles. The molecule has 3 rings (SSSR count). The number of pyridine rings is 1. The Balaban J connectivity index is 1.64. The minimum atomic E-state index is 0.900. The summed E-state index contributed by atoms with van der Waals surface area (Å²) >= 11 is 0. The van der Waals surface area contributed by atoms with Gasteiger partial charge in [0, 0.05) is 45.0 Å². The van der Waals surface area contributed by atoms with Gasteiger partial charge in [-0.2, -0.15) is 0 Å². The maximum absolute atomic E-state index is 4.31. The van der Waals surface area contributed by atoms with Gasteiger partial charge in [0.05, 0.1) is 11.9 Å². The minimum absolute atomic E-state index is 0.900. The fraction of sp³-hybridized carbons (Fsp3) is 0.667. The summed E-state index contributed by atoms with van der Waals surface area (Å²) in [6.45, 7) is 8.80. The van der Waals surface area contributed by atoms with Crippen molar-refractivity contribution < 1.29 is 0 Å². The molecule has 1 aromatic heterocycles. The van der Waals surface area contributed by atoms with Crippen molar-refractivity contribution in [3.63, 3.8) is 0 Å². The first-order chi connectivity index (χ1) is 9.38. The molecule has 4 nitrogen and oxygen atoms in total. The lowest BCUT2D eigenvalue weighted by Crippen LogP contribution is -2.47. The van der Waals surface area contributed by atoms with Crippen LogP contribution in [0.1, 0.15) is 25.3 Å². The van der Waals surface area contributed by atoms with Crippen molar-refractivity contribution in [2.45, 2.75) is 32.4 Å². The van der Waals surface area contributed by atoms with Crippen molar-refractivity contribution in [1.29, 1.82) is 0 Å². The van der Waals surface area contributed by atoms with Gasteiger partial charge in [0.15, 0.2) is 0 Å². The summed E-state index contributed by atoms with van der Waals surface area (Å²) in [5.41, 5.74) is 2.69. The summed E-state index contributed by atoms with van der Waals surface area (Å²) in [5.74, 6) is 0. The zero-order valence-electron chi connectivity index (χ0n) is 11.8. The highest BCUT2D eigenvalue weighted by Gasteiger charge is 2.31. The zero-order valence-corrected chi connectivity index (χ0v) is 11.8. The smallest absolute Gasteiger partial charge is 0.0599 e. The van der Waals surface area contributed by atoms with Gasteiger partial charge < -0.3 is 10.2 Å². The van der Waals surface area contributed by atoms with Crippen LogP contribution >= 0.6 is 0 Å². The van der Waals surface area contributed by atoms with Crippen LogP contribution in [0.3, 0.4) is 0 Å². The second kappa shape index (κ2) is 5.88. The van der Waals surface area contributed by atoms with Crippen LogP contribution in [0.5, 0.6) is 0 Å². The van der Waals surface area contributed by atoms with E-state index in [9.17, 15) is 0 Å². The van der Waals surface area contributed by atoms with Gasteiger partial charge >= 0.3 is 0 Å². The van der Waals surface area contributed by atoms with Gasteiger partial charge in [-0.1, -0.05) is 6.92 Å². The van der Waals surface area contributed by atoms with Crippen molar-refractivity contribution in [3.8, 4) is 0 Å². The Morgan fingerprint density at radius 1 is 1.26 bits per heavy atom. The van der Waals surface area contributed by atoms with Gasteiger partial charge in [-0.25, -0.2) is 0 Å². The molecule has 4 heteroatoms. The van der Waals surface area contributed by atoms with E-state index < -0.39 is 0 Å².